The number of hydrogen-bond donors (Lipinski definition) is 3. The Kier molecular flexibility index (Phi) is 5.77. The molecule has 8 nitrogen and oxygen atoms in total. The molecular formula is C25H22N4O4S. The maximum atomic E-state index is 12.9. The van der Waals surface area contributed by atoms with Gasteiger partial charge in [0.2, 0.25) is 0 Å². The van der Waals surface area contributed by atoms with Gasteiger partial charge in [0.1, 0.15) is 13.2 Å². The number of nitrogens with zero attached hydrogens (tertiary/aromatic N) is 1. The zero-order chi connectivity index (χ0) is 23.7. The molecule has 1 aliphatic rings. The maximum absolute atomic E-state index is 12.9. The van der Waals surface area contributed by atoms with Crippen LogP contribution < -0.4 is 25.4 Å². The molecule has 0 saturated heterocycles. The fourth-order valence-electron chi connectivity index (χ4n) is 3.59. The Hall–Kier alpha value is -4.11. The molecule has 0 radical (unpaired) electrons. The number of carbonyl (C=O) groups is 2. The Labute approximate surface area is 199 Å². The Balaban J connectivity index is 1.32. The van der Waals surface area contributed by atoms with Crippen molar-refractivity contribution in [1.82, 2.24) is 4.98 Å². The molecule has 1 aliphatic heterocycles. The van der Waals surface area contributed by atoms with E-state index in [0.717, 1.165) is 20.9 Å². The van der Waals surface area contributed by atoms with Crippen LogP contribution in [0.15, 0.2) is 54.6 Å². The maximum Gasteiger partial charge on any atom is 0.255 e. The number of hydrogen-bond acceptors (Lipinski definition) is 7. The van der Waals surface area contributed by atoms with E-state index in [0.29, 0.717) is 47.2 Å². The molecule has 1 aromatic heterocycles. The van der Waals surface area contributed by atoms with Gasteiger partial charge in [0.15, 0.2) is 16.6 Å². The number of nitrogens with one attached hydrogen (secondary N) is 3. The zero-order valence-corrected chi connectivity index (χ0v) is 19.4. The van der Waals surface area contributed by atoms with E-state index in [1.807, 2.05) is 32.2 Å². The summed E-state index contributed by atoms with van der Waals surface area (Å²) in [6.45, 7) is 2.84. The predicted octanol–water partition coefficient (Wildman–Crippen LogP) is 4.92. The third-order valence-electron chi connectivity index (χ3n) is 5.41. The van der Waals surface area contributed by atoms with Gasteiger partial charge in [-0.15, -0.1) is 0 Å². The molecule has 4 aromatic rings. The van der Waals surface area contributed by atoms with Crippen molar-refractivity contribution < 1.29 is 19.1 Å². The number of ether oxygens (including phenoxy) is 2. The molecule has 3 N–H and O–H groups in total. The molecule has 34 heavy (non-hydrogen) atoms. The second-order valence-electron chi connectivity index (χ2n) is 7.75. The van der Waals surface area contributed by atoms with Gasteiger partial charge in [-0.05, 0) is 61.0 Å². The van der Waals surface area contributed by atoms with Crippen LogP contribution in [0.25, 0.3) is 10.2 Å². The van der Waals surface area contributed by atoms with Crippen LogP contribution in [-0.2, 0) is 0 Å². The van der Waals surface area contributed by atoms with Crippen molar-refractivity contribution in [2.45, 2.75) is 6.92 Å². The fraction of sp³-hybridized carbons (Fsp3) is 0.160. The van der Waals surface area contributed by atoms with Crippen LogP contribution in [0.2, 0.25) is 0 Å². The molecule has 0 fully saturated rings. The largest absolute Gasteiger partial charge is 0.486 e. The normalized spacial score (nSPS) is 12.3. The second-order valence-corrected chi connectivity index (χ2v) is 8.78. The molecule has 2 amide bonds. The number of amides is 2. The number of fused-ring (bicyclic) bond motifs is 2. The summed E-state index contributed by atoms with van der Waals surface area (Å²) in [6.07, 6.45) is 0. The first-order chi connectivity index (χ1) is 16.5. The molecule has 0 spiro atoms. The van der Waals surface area contributed by atoms with Crippen molar-refractivity contribution in [3.8, 4) is 11.5 Å². The average Bonchev–Trinajstić information content (AvgIpc) is 3.28. The number of aromatic nitrogens is 1. The number of rotatable bonds is 5. The topological polar surface area (TPSA) is 102 Å². The number of anilines is 3. The molecule has 3 aromatic carbocycles. The van der Waals surface area contributed by atoms with Crippen LogP contribution in [0.1, 0.15) is 26.3 Å². The number of benzene rings is 3. The van der Waals surface area contributed by atoms with Crippen molar-refractivity contribution in [2.24, 2.45) is 0 Å². The minimum Gasteiger partial charge on any atom is -0.486 e. The Bertz CT molecular complexity index is 1420. The van der Waals surface area contributed by atoms with Crippen molar-refractivity contribution in [1.29, 1.82) is 0 Å². The minimum absolute atomic E-state index is 0.236. The summed E-state index contributed by atoms with van der Waals surface area (Å²) in [4.78, 5) is 30.1. The lowest BCUT2D eigenvalue weighted by atomic mass is 10.1. The third kappa shape index (κ3) is 4.38. The average molecular weight is 475 g/mol. The first kappa shape index (κ1) is 21.7. The van der Waals surface area contributed by atoms with E-state index in [1.165, 1.54) is 11.3 Å². The van der Waals surface area contributed by atoms with E-state index < -0.39 is 0 Å². The van der Waals surface area contributed by atoms with E-state index in [4.69, 9.17) is 9.47 Å². The standard InChI is InChI=1S/C25H22N4O4S/c1-14-3-6-17(27-23(30)15-5-8-20-21(11-15)33-10-9-32-20)13-19(14)28-24(31)16-4-7-18-22(12-16)34-25(26-2)29-18/h3-8,11-13H,9-10H2,1-2H3,(H,26,29)(H,27,30)(H,28,31). The smallest absolute Gasteiger partial charge is 0.255 e. The van der Waals surface area contributed by atoms with E-state index in [1.54, 1.807) is 36.4 Å². The fourth-order valence-corrected chi connectivity index (χ4v) is 4.45. The lowest BCUT2D eigenvalue weighted by Crippen LogP contribution is -2.17. The molecule has 172 valence electrons. The molecule has 0 saturated carbocycles. The van der Waals surface area contributed by atoms with Crippen LogP contribution in [0, 0.1) is 6.92 Å². The lowest BCUT2D eigenvalue weighted by molar-refractivity contribution is 0.101. The summed E-state index contributed by atoms with van der Waals surface area (Å²) in [5.74, 6) is 0.658. The van der Waals surface area contributed by atoms with E-state index in [9.17, 15) is 9.59 Å². The van der Waals surface area contributed by atoms with E-state index in [2.05, 4.69) is 20.9 Å². The molecule has 0 aliphatic carbocycles. The molecule has 0 atom stereocenters. The highest BCUT2D eigenvalue weighted by molar-refractivity contribution is 7.22. The Morgan fingerprint density at radius 1 is 0.882 bits per heavy atom. The molecule has 0 bridgehead atoms. The molecule has 2 heterocycles. The minimum atomic E-state index is -0.283. The van der Waals surface area contributed by atoms with Crippen LogP contribution in [-0.4, -0.2) is 37.1 Å². The van der Waals surface area contributed by atoms with E-state index >= 15 is 0 Å². The summed E-state index contributed by atoms with van der Waals surface area (Å²) in [5.41, 5.74) is 3.88. The highest BCUT2D eigenvalue weighted by Gasteiger charge is 2.16. The number of thiazole rings is 1. The van der Waals surface area contributed by atoms with E-state index in [-0.39, 0.29) is 11.8 Å². The predicted molar refractivity (Wildman–Crippen MR) is 134 cm³/mol. The monoisotopic (exact) mass is 474 g/mol. The Morgan fingerprint density at radius 2 is 1.62 bits per heavy atom. The molecule has 0 unspecified atom stereocenters. The summed E-state index contributed by atoms with van der Waals surface area (Å²) in [5, 5.41) is 9.64. The van der Waals surface area contributed by atoms with Gasteiger partial charge < -0.3 is 25.4 Å². The van der Waals surface area contributed by atoms with Gasteiger partial charge in [0.05, 0.1) is 10.2 Å². The van der Waals surface area contributed by atoms with Gasteiger partial charge in [-0.2, -0.15) is 0 Å². The summed E-state index contributed by atoms with van der Waals surface area (Å²) < 4.78 is 12.0. The zero-order valence-electron chi connectivity index (χ0n) is 18.6. The van der Waals surface area contributed by atoms with Crippen LogP contribution in [0.3, 0.4) is 0 Å². The van der Waals surface area contributed by atoms with Gasteiger partial charge in [0.25, 0.3) is 11.8 Å². The van der Waals surface area contributed by atoms with Crippen LogP contribution >= 0.6 is 11.3 Å². The highest BCUT2D eigenvalue weighted by atomic mass is 32.1. The Morgan fingerprint density at radius 3 is 2.44 bits per heavy atom. The van der Waals surface area contributed by atoms with Crippen molar-refractivity contribution >= 4 is 49.9 Å². The first-order valence-corrected chi connectivity index (χ1v) is 11.5. The van der Waals surface area contributed by atoms with Gasteiger partial charge >= 0.3 is 0 Å². The third-order valence-corrected chi connectivity index (χ3v) is 6.45. The number of carbonyl (C=O) groups excluding carboxylic acids is 2. The van der Waals surface area contributed by atoms with Gasteiger partial charge in [0, 0.05) is 29.5 Å². The molecular weight excluding hydrogens is 452 g/mol. The summed E-state index contributed by atoms with van der Waals surface area (Å²) in [7, 11) is 1.81. The molecule has 9 heteroatoms. The van der Waals surface area contributed by atoms with Crippen molar-refractivity contribution in [3.63, 3.8) is 0 Å². The van der Waals surface area contributed by atoms with Crippen molar-refractivity contribution in [3.05, 3.63) is 71.3 Å². The first-order valence-electron chi connectivity index (χ1n) is 10.7. The molecule has 5 rings (SSSR count). The highest BCUT2D eigenvalue weighted by Crippen LogP contribution is 2.31. The van der Waals surface area contributed by atoms with Gasteiger partial charge in [-0.3, -0.25) is 9.59 Å². The van der Waals surface area contributed by atoms with Gasteiger partial charge in [-0.25, -0.2) is 4.98 Å². The van der Waals surface area contributed by atoms with Crippen molar-refractivity contribution in [2.75, 3.05) is 36.2 Å². The SMILES string of the molecule is CNc1nc2ccc(C(=O)Nc3cc(NC(=O)c4ccc5c(c4)OCCO5)ccc3C)cc2s1. The lowest BCUT2D eigenvalue weighted by Gasteiger charge is -2.18. The summed E-state index contributed by atoms with van der Waals surface area (Å²) >= 11 is 1.49. The summed E-state index contributed by atoms with van der Waals surface area (Å²) in [6, 6.07) is 15.9. The van der Waals surface area contributed by atoms with Crippen LogP contribution in [0.5, 0.6) is 11.5 Å². The van der Waals surface area contributed by atoms with Crippen LogP contribution in [0.4, 0.5) is 16.5 Å². The second kappa shape index (κ2) is 9.03. The number of aryl methyl sites for hydroxylation is 1. The quantitative estimate of drug-likeness (QED) is 0.379. The van der Waals surface area contributed by atoms with Gasteiger partial charge in [-0.1, -0.05) is 17.4 Å².